The molecule has 1 aromatic rings. The molecule has 0 radical (unpaired) electrons. The van der Waals surface area contributed by atoms with Crippen LogP contribution in [0, 0.1) is 5.92 Å². The minimum absolute atomic E-state index is 0.461. The van der Waals surface area contributed by atoms with E-state index in [0.717, 1.165) is 44.1 Å². The van der Waals surface area contributed by atoms with Crippen molar-refractivity contribution < 1.29 is 4.52 Å². The molecule has 4 heteroatoms. The first kappa shape index (κ1) is 11.6. The molecule has 1 aliphatic rings. The van der Waals surface area contributed by atoms with Gasteiger partial charge in [0.25, 0.3) is 0 Å². The molecule has 1 aromatic heterocycles. The smallest absolute Gasteiger partial charge is 0.229 e. The molecule has 1 saturated heterocycles. The average molecular weight is 223 g/mol. The summed E-state index contributed by atoms with van der Waals surface area (Å²) in [5.74, 6) is 2.76. The summed E-state index contributed by atoms with van der Waals surface area (Å²) >= 11 is 0. The second-order valence-corrected chi connectivity index (χ2v) is 5.02. The van der Waals surface area contributed by atoms with Crippen molar-refractivity contribution in [2.45, 2.75) is 45.4 Å². The highest BCUT2D eigenvalue weighted by atomic mass is 16.5. The van der Waals surface area contributed by atoms with E-state index in [1.807, 2.05) is 0 Å². The molecule has 0 spiro atoms. The van der Waals surface area contributed by atoms with Gasteiger partial charge in [-0.2, -0.15) is 4.98 Å². The Hall–Kier alpha value is -0.900. The van der Waals surface area contributed by atoms with Crippen LogP contribution in [-0.4, -0.2) is 23.2 Å². The zero-order valence-corrected chi connectivity index (χ0v) is 10.2. The molecule has 2 heterocycles. The minimum Gasteiger partial charge on any atom is -0.339 e. The molecule has 1 N–H and O–H groups in total. The number of aromatic nitrogens is 2. The summed E-state index contributed by atoms with van der Waals surface area (Å²) in [4.78, 5) is 4.51. The van der Waals surface area contributed by atoms with E-state index in [1.54, 1.807) is 0 Å². The van der Waals surface area contributed by atoms with Gasteiger partial charge in [0.2, 0.25) is 5.89 Å². The number of rotatable bonds is 3. The summed E-state index contributed by atoms with van der Waals surface area (Å²) in [6.07, 6.45) is 4.39. The van der Waals surface area contributed by atoms with Gasteiger partial charge in [-0.05, 0) is 38.3 Å². The van der Waals surface area contributed by atoms with E-state index in [9.17, 15) is 0 Å². The molecule has 90 valence electrons. The van der Waals surface area contributed by atoms with Crippen LogP contribution < -0.4 is 5.32 Å². The van der Waals surface area contributed by atoms with Crippen LogP contribution in [0.15, 0.2) is 4.52 Å². The standard InChI is InChI=1S/C12H21N3O/c1-9(2)8-11-14-12(16-15-11)10-4-3-6-13-7-5-10/h9-10,13H,3-8H2,1-2H3/t10-/m1/s1. The Bertz CT molecular complexity index is 314. The Labute approximate surface area is 96.8 Å². The molecule has 4 nitrogen and oxygen atoms in total. The Kier molecular flexibility index (Phi) is 3.93. The van der Waals surface area contributed by atoms with Crippen LogP contribution in [0.3, 0.4) is 0 Å². The van der Waals surface area contributed by atoms with Gasteiger partial charge in [0.05, 0.1) is 0 Å². The van der Waals surface area contributed by atoms with Crippen LogP contribution in [-0.2, 0) is 6.42 Å². The minimum atomic E-state index is 0.461. The molecule has 0 aliphatic carbocycles. The fourth-order valence-corrected chi connectivity index (χ4v) is 2.15. The Morgan fingerprint density at radius 3 is 3.06 bits per heavy atom. The fourth-order valence-electron chi connectivity index (χ4n) is 2.15. The maximum absolute atomic E-state index is 5.37. The molecule has 1 atom stereocenters. The van der Waals surface area contributed by atoms with E-state index in [-0.39, 0.29) is 0 Å². The summed E-state index contributed by atoms with van der Waals surface area (Å²) in [6.45, 7) is 6.52. The largest absolute Gasteiger partial charge is 0.339 e. The van der Waals surface area contributed by atoms with E-state index in [2.05, 4.69) is 29.3 Å². The van der Waals surface area contributed by atoms with Gasteiger partial charge in [0.15, 0.2) is 5.82 Å². The van der Waals surface area contributed by atoms with Gasteiger partial charge in [0, 0.05) is 12.3 Å². The highest BCUT2D eigenvalue weighted by molar-refractivity contribution is 4.95. The van der Waals surface area contributed by atoms with Crippen molar-refractivity contribution in [1.82, 2.24) is 15.5 Å². The van der Waals surface area contributed by atoms with Crippen LogP contribution in [0.5, 0.6) is 0 Å². The molecule has 1 aliphatic heterocycles. The van der Waals surface area contributed by atoms with E-state index in [4.69, 9.17) is 4.52 Å². The second-order valence-electron chi connectivity index (χ2n) is 5.02. The molecule has 16 heavy (non-hydrogen) atoms. The van der Waals surface area contributed by atoms with Crippen molar-refractivity contribution >= 4 is 0 Å². The normalized spacial score (nSPS) is 22.3. The van der Waals surface area contributed by atoms with Crippen molar-refractivity contribution in [3.63, 3.8) is 0 Å². The van der Waals surface area contributed by atoms with Gasteiger partial charge in [-0.3, -0.25) is 0 Å². The zero-order valence-electron chi connectivity index (χ0n) is 10.2. The molecular formula is C12H21N3O. The lowest BCUT2D eigenvalue weighted by molar-refractivity contribution is 0.338. The van der Waals surface area contributed by atoms with E-state index in [0.29, 0.717) is 11.8 Å². The number of nitrogens with one attached hydrogen (secondary N) is 1. The molecule has 0 saturated carbocycles. The summed E-state index contributed by atoms with van der Waals surface area (Å²) in [7, 11) is 0. The molecule has 0 amide bonds. The van der Waals surface area contributed by atoms with Gasteiger partial charge in [0.1, 0.15) is 0 Å². The number of hydrogen-bond acceptors (Lipinski definition) is 4. The highest BCUT2D eigenvalue weighted by Crippen LogP contribution is 2.24. The van der Waals surface area contributed by atoms with Crippen molar-refractivity contribution in [3.05, 3.63) is 11.7 Å². The van der Waals surface area contributed by atoms with Gasteiger partial charge < -0.3 is 9.84 Å². The fraction of sp³-hybridized carbons (Fsp3) is 0.833. The van der Waals surface area contributed by atoms with Crippen LogP contribution in [0.2, 0.25) is 0 Å². The van der Waals surface area contributed by atoms with Crippen LogP contribution in [0.4, 0.5) is 0 Å². The lowest BCUT2D eigenvalue weighted by Gasteiger charge is -2.06. The van der Waals surface area contributed by atoms with Gasteiger partial charge >= 0.3 is 0 Å². The Morgan fingerprint density at radius 2 is 2.25 bits per heavy atom. The second kappa shape index (κ2) is 5.43. The molecular weight excluding hydrogens is 202 g/mol. The third-order valence-corrected chi connectivity index (χ3v) is 3.00. The average Bonchev–Trinajstić information content (AvgIpc) is 2.53. The summed E-state index contributed by atoms with van der Waals surface area (Å²) in [6, 6.07) is 0. The van der Waals surface area contributed by atoms with Crippen LogP contribution in [0.1, 0.15) is 50.7 Å². The molecule has 1 fully saturated rings. The van der Waals surface area contributed by atoms with Gasteiger partial charge in [-0.15, -0.1) is 0 Å². The topological polar surface area (TPSA) is 51.0 Å². The zero-order chi connectivity index (χ0) is 11.4. The Morgan fingerprint density at radius 1 is 1.38 bits per heavy atom. The van der Waals surface area contributed by atoms with E-state index < -0.39 is 0 Å². The first-order valence-electron chi connectivity index (χ1n) is 6.29. The van der Waals surface area contributed by atoms with Crippen molar-refractivity contribution in [3.8, 4) is 0 Å². The summed E-state index contributed by atoms with van der Waals surface area (Å²) in [5.41, 5.74) is 0. The third kappa shape index (κ3) is 3.04. The maximum atomic E-state index is 5.37. The molecule has 0 unspecified atom stereocenters. The summed E-state index contributed by atoms with van der Waals surface area (Å²) < 4.78 is 5.37. The van der Waals surface area contributed by atoms with Crippen molar-refractivity contribution in [2.24, 2.45) is 5.92 Å². The molecule has 2 rings (SSSR count). The Balaban J connectivity index is 1.99. The summed E-state index contributed by atoms with van der Waals surface area (Å²) in [5, 5.41) is 7.45. The SMILES string of the molecule is CC(C)Cc1noc([C@@H]2CCCNCC2)n1. The quantitative estimate of drug-likeness (QED) is 0.852. The predicted molar refractivity (Wildman–Crippen MR) is 62.3 cm³/mol. The lowest BCUT2D eigenvalue weighted by Crippen LogP contribution is -2.13. The molecule has 0 bridgehead atoms. The van der Waals surface area contributed by atoms with Crippen molar-refractivity contribution in [2.75, 3.05) is 13.1 Å². The van der Waals surface area contributed by atoms with Crippen LogP contribution >= 0.6 is 0 Å². The van der Waals surface area contributed by atoms with Gasteiger partial charge in [-0.25, -0.2) is 0 Å². The lowest BCUT2D eigenvalue weighted by atomic mass is 10.0. The highest BCUT2D eigenvalue weighted by Gasteiger charge is 2.20. The predicted octanol–water partition coefficient (Wildman–Crippen LogP) is 2.13. The third-order valence-electron chi connectivity index (χ3n) is 3.00. The van der Waals surface area contributed by atoms with Crippen molar-refractivity contribution in [1.29, 1.82) is 0 Å². The van der Waals surface area contributed by atoms with E-state index in [1.165, 1.54) is 6.42 Å². The maximum Gasteiger partial charge on any atom is 0.229 e. The number of nitrogens with zero attached hydrogens (tertiary/aromatic N) is 2. The molecule has 0 aromatic carbocycles. The van der Waals surface area contributed by atoms with E-state index >= 15 is 0 Å². The number of hydrogen-bond donors (Lipinski definition) is 1. The van der Waals surface area contributed by atoms with Crippen LogP contribution in [0.25, 0.3) is 0 Å². The van der Waals surface area contributed by atoms with Gasteiger partial charge in [-0.1, -0.05) is 19.0 Å². The monoisotopic (exact) mass is 223 g/mol. The first-order valence-corrected chi connectivity index (χ1v) is 6.29. The first-order chi connectivity index (χ1) is 7.75.